The number of fused-ring (bicyclic) bond motifs is 3. The normalized spacial score (nSPS) is 35.8. The second kappa shape index (κ2) is 6.52. The Kier molecular flexibility index (Phi) is 3.68. The molecule has 1 fully saturated rings. The van der Waals surface area contributed by atoms with Crippen LogP contribution in [0.15, 0.2) is 41.5 Å². The minimum Gasteiger partial charge on any atom is -0.462 e. The van der Waals surface area contributed by atoms with E-state index in [2.05, 4.69) is 16.9 Å². The lowest BCUT2D eigenvalue weighted by atomic mass is 9.59. The van der Waals surface area contributed by atoms with Gasteiger partial charge in [0.05, 0.1) is 8.85 Å². The number of pyridine rings is 1. The molecule has 1 aromatic heterocycles. The number of nitrogens with zero attached hydrogens (tertiary/aromatic N) is 2. The highest BCUT2D eigenvalue weighted by Gasteiger charge is 2.62. The topological polar surface area (TPSA) is 69.7 Å². The van der Waals surface area contributed by atoms with Gasteiger partial charge in [-0.25, -0.2) is 9.98 Å². The van der Waals surface area contributed by atoms with Gasteiger partial charge >= 0.3 is 0 Å². The molecule has 5 rings (SSSR count). The monoisotopic (exact) mass is 397 g/mol. The van der Waals surface area contributed by atoms with E-state index in [1.165, 1.54) is 6.20 Å². The zero-order chi connectivity index (χ0) is 22.0. The van der Waals surface area contributed by atoms with E-state index in [1.54, 1.807) is 19.2 Å². The van der Waals surface area contributed by atoms with Crippen molar-refractivity contribution >= 4 is 6.02 Å². The fourth-order valence-corrected chi connectivity index (χ4v) is 5.69. The summed E-state index contributed by atoms with van der Waals surface area (Å²) in [6, 6.07) is 8.89. The molecule has 1 aliphatic heterocycles. The summed E-state index contributed by atoms with van der Waals surface area (Å²) in [7, 11) is 1.72. The molecule has 0 unspecified atom stereocenters. The predicted molar refractivity (Wildman–Crippen MR) is 109 cm³/mol. The zero-order valence-electron chi connectivity index (χ0n) is 18.6. The Balaban J connectivity index is 1.71. The second-order valence-electron chi connectivity index (χ2n) is 8.53. The van der Waals surface area contributed by atoms with Gasteiger partial charge in [0.1, 0.15) is 12.1 Å². The van der Waals surface area contributed by atoms with Crippen LogP contribution in [-0.2, 0) is 21.4 Å². The Morgan fingerprint density at radius 2 is 2.24 bits per heavy atom. The molecule has 2 heterocycles. The Hall–Kier alpha value is -2.47. The summed E-state index contributed by atoms with van der Waals surface area (Å²) in [5.74, 6) is -0.333. The number of hydrogen-bond acceptors (Lipinski definition) is 5. The molecule has 2 spiro atoms. The summed E-state index contributed by atoms with van der Waals surface area (Å²) < 4.78 is 43.3. The third-order valence-electron chi connectivity index (χ3n) is 7.00. The van der Waals surface area contributed by atoms with Gasteiger partial charge in [0.25, 0.3) is 6.02 Å². The van der Waals surface area contributed by atoms with Crippen LogP contribution in [-0.4, -0.2) is 30.8 Å². The number of aliphatic imine (C=N–C) groups is 1. The molecule has 2 N–H and O–H groups in total. The number of benzene rings is 1. The van der Waals surface area contributed by atoms with Gasteiger partial charge in [0.2, 0.25) is 5.95 Å². The van der Waals surface area contributed by atoms with Gasteiger partial charge in [-0.2, -0.15) is 4.39 Å². The van der Waals surface area contributed by atoms with Crippen LogP contribution in [0.25, 0.3) is 11.1 Å². The molecule has 0 saturated heterocycles. The number of methoxy groups -OCH3 is 1. The molecule has 5 nitrogen and oxygen atoms in total. The summed E-state index contributed by atoms with van der Waals surface area (Å²) in [6.45, 7) is 0.0225. The minimum atomic E-state index is -2.12. The van der Waals surface area contributed by atoms with Crippen LogP contribution in [0.3, 0.4) is 0 Å². The van der Waals surface area contributed by atoms with Gasteiger partial charge in [-0.15, -0.1) is 0 Å². The molecule has 29 heavy (non-hydrogen) atoms. The highest BCUT2D eigenvalue weighted by atomic mass is 19.1. The van der Waals surface area contributed by atoms with E-state index in [0.29, 0.717) is 17.5 Å². The summed E-state index contributed by atoms with van der Waals surface area (Å²) >= 11 is 0. The maximum absolute atomic E-state index is 14.4. The summed E-state index contributed by atoms with van der Waals surface area (Å²) in [5.41, 5.74) is 6.91. The first-order valence-corrected chi connectivity index (χ1v) is 10.0. The smallest absolute Gasteiger partial charge is 0.283 e. The summed E-state index contributed by atoms with van der Waals surface area (Å²) in [5, 5.41) is 0. The average molecular weight is 397 g/mol. The zero-order valence-corrected chi connectivity index (χ0v) is 16.6. The Morgan fingerprint density at radius 1 is 1.38 bits per heavy atom. The largest absolute Gasteiger partial charge is 0.462 e. The fraction of sp³-hybridized carbons (Fsp3) is 0.478. The van der Waals surface area contributed by atoms with Gasteiger partial charge < -0.3 is 15.2 Å². The van der Waals surface area contributed by atoms with E-state index in [1.807, 2.05) is 18.2 Å². The van der Waals surface area contributed by atoms with Crippen molar-refractivity contribution in [1.82, 2.24) is 4.98 Å². The second-order valence-corrected chi connectivity index (χ2v) is 8.53. The molecule has 1 saturated carbocycles. The molecule has 4 atom stereocenters. The number of nitrogens with two attached hydrogens (primary N) is 1. The highest BCUT2D eigenvalue weighted by molar-refractivity contribution is 5.76. The van der Waals surface area contributed by atoms with Crippen molar-refractivity contribution in [2.75, 3.05) is 13.7 Å². The Bertz CT molecular complexity index is 1080. The van der Waals surface area contributed by atoms with Crippen molar-refractivity contribution in [3.63, 3.8) is 0 Å². The molecule has 2 aromatic rings. The summed E-state index contributed by atoms with van der Waals surface area (Å²) in [6.07, 6.45) is 4.48. The number of amidine groups is 1. The molecule has 0 radical (unpaired) electrons. The number of ether oxygens (including phenoxy) is 2. The maximum atomic E-state index is 14.4. The fourth-order valence-electron chi connectivity index (χ4n) is 5.69. The molecule has 6 heteroatoms. The van der Waals surface area contributed by atoms with Crippen molar-refractivity contribution in [2.24, 2.45) is 22.1 Å². The lowest BCUT2D eigenvalue weighted by molar-refractivity contribution is -0.0445. The van der Waals surface area contributed by atoms with Crippen LogP contribution in [0, 0.1) is 17.3 Å². The highest BCUT2D eigenvalue weighted by Crippen LogP contribution is 2.62. The van der Waals surface area contributed by atoms with Crippen molar-refractivity contribution in [3.8, 4) is 11.1 Å². The summed E-state index contributed by atoms with van der Waals surface area (Å²) in [4.78, 5) is 8.44. The molecule has 1 aromatic carbocycles. The third-order valence-corrected chi connectivity index (χ3v) is 7.00. The van der Waals surface area contributed by atoms with Crippen LogP contribution >= 0.6 is 0 Å². The van der Waals surface area contributed by atoms with Crippen LogP contribution in [0.1, 0.15) is 40.1 Å². The van der Waals surface area contributed by atoms with Gasteiger partial charge in [-0.05, 0) is 66.5 Å². The number of hydrogen-bond donors (Lipinski definition) is 1. The van der Waals surface area contributed by atoms with Gasteiger partial charge in [0, 0.05) is 24.3 Å². The van der Waals surface area contributed by atoms with E-state index < -0.39 is 23.5 Å². The van der Waals surface area contributed by atoms with Crippen LogP contribution < -0.4 is 5.73 Å². The van der Waals surface area contributed by atoms with Crippen LogP contribution in [0.4, 0.5) is 4.39 Å². The Morgan fingerprint density at radius 3 is 2.93 bits per heavy atom. The minimum absolute atomic E-state index is 0.126. The van der Waals surface area contributed by atoms with E-state index in [4.69, 9.17) is 17.9 Å². The van der Waals surface area contributed by atoms with Crippen molar-refractivity contribution in [2.45, 2.75) is 44.2 Å². The van der Waals surface area contributed by atoms with Crippen LogP contribution in [0.2, 0.25) is 0 Å². The first-order valence-electron chi connectivity index (χ1n) is 11.0. The molecule has 0 bridgehead atoms. The number of aromatic nitrogens is 1. The molecule has 152 valence electrons. The predicted octanol–water partition coefficient (Wildman–Crippen LogP) is 3.81. The van der Waals surface area contributed by atoms with Crippen molar-refractivity contribution in [1.29, 1.82) is 0 Å². The molecular weight excluding hydrogens is 369 g/mol. The molecule has 2 aliphatic carbocycles. The molecular formula is C23H26FN3O2. The third kappa shape index (κ3) is 2.61. The van der Waals surface area contributed by atoms with E-state index in [-0.39, 0.29) is 18.0 Å². The van der Waals surface area contributed by atoms with Crippen LogP contribution in [0.5, 0.6) is 0 Å². The van der Waals surface area contributed by atoms with Gasteiger partial charge in [-0.3, -0.25) is 0 Å². The number of rotatable bonds is 2. The quantitative estimate of drug-likeness (QED) is 0.783. The van der Waals surface area contributed by atoms with E-state index in [9.17, 15) is 4.39 Å². The standard InChI is InChI=1S/C23H26FN3O2/c1-14-11-22(8-7-19(14)28-2)12-16-6-5-15(17-4-3-9-26-20(17)24)10-18(16)23(22)13-29-21(25)27-23/h3-6,9-10,14,19H,7-8,11-13H2,1-2H3,(H2,25,27)/t14-,19-,22-,23+/m1/s1/i13D2. The average Bonchev–Trinajstić information content (AvgIpc) is 3.13. The number of halogens is 1. The lowest BCUT2D eigenvalue weighted by Crippen LogP contribution is -2.48. The van der Waals surface area contributed by atoms with E-state index in [0.717, 1.165) is 30.4 Å². The SMILES string of the molecule is [2H]C1([2H])OC(N)=N[C@]12c1cc(-c3cccnc3F)ccc1C[C@]21CC[C@@H](OC)[C@H](C)C1. The molecule has 3 aliphatic rings. The van der Waals surface area contributed by atoms with Gasteiger partial charge in [0.15, 0.2) is 0 Å². The first kappa shape index (κ1) is 16.3. The first-order chi connectivity index (χ1) is 14.7. The van der Waals surface area contributed by atoms with Crippen molar-refractivity contribution in [3.05, 3.63) is 53.6 Å². The van der Waals surface area contributed by atoms with E-state index >= 15 is 0 Å². The van der Waals surface area contributed by atoms with Gasteiger partial charge in [-0.1, -0.05) is 19.1 Å². The van der Waals surface area contributed by atoms with Crippen molar-refractivity contribution < 1.29 is 16.6 Å². The maximum Gasteiger partial charge on any atom is 0.283 e. The Labute approximate surface area is 173 Å². The lowest BCUT2D eigenvalue weighted by Gasteiger charge is -2.47. The molecule has 0 amide bonds.